The molecule has 0 aliphatic rings. The average Bonchev–Trinajstić information content (AvgIpc) is 2.43. The molecule has 0 fully saturated rings. The Bertz CT molecular complexity index is 584. The van der Waals surface area contributed by atoms with Crippen LogP contribution in [0.15, 0.2) is 48.5 Å². The standard InChI is InChI=1S/C16H16FNO2/c1-2-20-15-9-8-13(11-14(15)17)18-16(19)10-12-6-4-3-5-7-12/h3-9,11H,2,10H2,1H3,(H,18,19). The number of nitrogens with one attached hydrogen (secondary N) is 1. The van der Waals surface area contributed by atoms with Crippen molar-refractivity contribution < 1.29 is 13.9 Å². The summed E-state index contributed by atoms with van der Waals surface area (Å²) in [5, 5.41) is 2.67. The number of carbonyl (C=O) groups excluding carboxylic acids is 1. The third-order valence-corrected chi connectivity index (χ3v) is 2.72. The van der Waals surface area contributed by atoms with E-state index in [9.17, 15) is 9.18 Å². The van der Waals surface area contributed by atoms with Gasteiger partial charge in [0, 0.05) is 11.8 Å². The van der Waals surface area contributed by atoms with Gasteiger partial charge in [-0.3, -0.25) is 4.79 Å². The van der Waals surface area contributed by atoms with E-state index in [1.165, 1.54) is 12.1 Å². The lowest BCUT2D eigenvalue weighted by molar-refractivity contribution is -0.115. The van der Waals surface area contributed by atoms with Crippen molar-refractivity contribution in [3.8, 4) is 5.75 Å². The van der Waals surface area contributed by atoms with Gasteiger partial charge >= 0.3 is 0 Å². The van der Waals surface area contributed by atoms with E-state index < -0.39 is 5.82 Å². The highest BCUT2D eigenvalue weighted by Gasteiger charge is 2.07. The fourth-order valence-corrected chi connectivity index (χ4v) is 1.84. The van der Waals surface area contributed by atoms with Gasteiger partial charge in [0.2, 0.25) is 5.91 Å². The molecule has 1 N–H and O–H groups in total. The third-order valence-electron chi connectivity index (χ3n) is 2.72. The molecule has 4 heteroatoms. The summed E-state index contributed by atoms with van der Waals surface area (Å²) < 4.78 is 18.7. The quantitative estimate of drug-likeness (QED) is 0.906. The summed E-state index contributed by atoms with van der Waals surface area (Å²) in [5.74, 6) is -0.474. The minimum atomic E-state index is -0.482. The molecule has 2 aromatic rings. The molecular formula is C16H16FNO2. The Morgan fingerprint density at radius 1 is 1.20 bits per heavy atom. The molecule has 0 bridgehead atoms. The van der Waals surface area contributed by atoms with Crippen LogP contribution in [0.25, 0.3) is 0 Å². The molecular weight excluding hydrogens is 257 g/mol. The smallest absolute Gasteiger partial charge is 0.228 e. The van der Waals surface area contributed by atoms with Crippen LogP contribution in [0, 0.1) is 5.82 Å². The maximum atomic E-state index is 13.6. The van der Waals surface area contributed by atoms with E-state index in [0.29, 0.717) is 12.3 Å². The molecule has 1 amide bonds. The number of rotatable bonds is 5. The molecule has 0 atom stereocenters. The molecule has 0 aliphatic carbocycles. The summed E-state index contributed by atoms with van der Waals surface area (Å²) in [5.41, 5.74) is 1.34. The Morgan fingerprint density at radius 2 is 1.95 bits per heavy atom. The molecule has 2 rings (SSSR count). The Hall–Kier alpha value is -2.36. The molecule has 0 heterocycles. The molecule has 2 aromatic carbocycles. The number of carbonyl (C=O) groups is 1. The van der Waals surface area contributed by atoms with Gasteiger partial charge in [0.25, 0.3) is 0 Å². The predicted molar refractivity (Wildman–Crippen MR) is 76.3 cm³/mol. The van der Waals surface area contributed by atoms with Gasteiger partial charge in [-0.05, 0) is 24.6 Å². The normalized spacial score (nSPS) is 10.1. The van der Waals surface area contributed by atoms with Crippen LogP contribution in [0.5, 0.6) is 5.75 Å². The highest BCUT2D eigenvalue weighted by molar-refractivity contribution is 5.92. The molecule has 0 aliphatic heterocycles. The Morgan fingerprint density at radius 3 is 2.60 bits per heavy atom. The molecule has 0 saturated heterocycles. The fraction of sp³-hybridized carbons (Fsp3) is 0.188. The molecule has 0 saturated carbocycles. The Kier molecular flexibility index (Phi) is 4.71. The molecule has 0 spiro atoms. The van der Waals surface area contributed by atoms with Crippen LogP contribution < -0.4 is 10.1 Å². The molecule has 3 nitrogen and oxygen atoms in total. The SMILES string of the molecule is CCOc1ccc(NC(=O)Cc2ccccc2)cc1F. The number of hydrogen-bond acceptors (Lipinski definition) is 2. The Labute approximate surface area is 117 Å². The van der Waals surface area contributed by atoms with E-state index in [4.69, 9.17) is 4.74 Å². The lowest BCUT2D eigenvalue weighted by atomic mass is 10.1. The van der Waals surface area contributed by atoms with Crippen LogP contribution in [0.1, 0.15) is 12.5 Å². The number of amides is 1. The number of halogens is 1. The summed E-state index contributed by atoms with van der Waals surface area (Å²) in [6.45, 7) is 2.19. The first-order valence-corrected chi connectivity index (χ1v) is 6.45. The van der Waals surface area contributed by atoms with Crippen molar-refractivity contribution in [2.45, 2.75) is 13.3 Å². The molecule has 0 unspecified atom stereocenters. The van der Waals surface area contributed by atoms with Crippen LogP contribution in [0.3, 0.4) is 0 Å². The van der Waals surface area contributed by atoms with Gasteiger partial charge < -0.3 is 10.1 Å². The van der Waals surface area contributed by atoms with E-state index >= 15 is 0 Å². The largest absolute Gasteiger partial charge is 0.491 e. The van der Waals surface area contributed by atoms with Crippen molar-refractivity contribution in [2.24, 2.45) is 0 Å². The van der Waals surface area contributed by atoms with E-state index in [0.717, 1.165) is 5.56 Å². The number of hydrogen-bond donors (Lipinski definition) is 1. The Balaban J connectivity index is 1.99. The van der Waals surface area contributed by atoms with Gasteiger partial charge in [-0.15, -0.1) is 0 Å². The summed E-state index contributed by atoms with van der Waals surface area (Å²) >= 11 is 0. The number of benzene rings is 2. The zero-order valence-corrected chi connectivity index (χ0v) is 11.2. The van der Waals surface area contributed by atoms with Crippen LogP contribution >= 0.6 is 0 Å². The van der Waals surface area contributed by atoms with Crippen molar-refractivity contribution >= 4 is 11.6 Å². The second-order valence-corrected chi connectivity index (χ2v) is 4.29. The zero-order chi connectivity index (χ0) is 14.4. The molecule has 20 heavy (non-hydrogen) atoms. The van der Waals surface area contributed by atoms with Crippen molar-refractivity contribution in [3.63, 3.8) is 0 Å². The van der Waals surface area contributed by atoms with Crippen LogP contribution in [0.2, 0.25) is 0 Å². The van der Waals surface area contributed by atoms with Crippen LogP contribution in [-0.2, 0) is 11.2 Å². The first-order valence-electron chi connectivity index (χ1n) is 6.45. The predicted octanol–water partition coefficient (Wildman–Crippen LogP) is 3.41. The van der Waals surface area contributed by atoms with Gasteiger partial charge in [0.1, 0.15) is 0 Å². The third kappa shape index (κ3) is 3.82. The summed E-state index contributed by atoms with van der Waals surface area (Å²) in [6, 6.07) is 13.8. The maximum Gasteiger partial charge on any atom is 0.228 e. The van der Waals surface area contributed by atoms with E-state index in [2.05, 4.69) is 5.32 Å². The second-order valence-electron chi connectivity index (χ2n) is 4.29. The second kappa shape index (κ2) is 6.70. The van der Waals surface area contributed by atoms with Crippen molar-refractivity contribution in [3.05, 3.63) is 59.9 Å². The van der Waals surface area contributed by atoms with Crippen molar-refractivity contribution in [2.75, 3.05) is 11.9 Å². The fourth-order valence-electron chi connectivity index (χ4n) is 1.84. The lowest BCUT2D eigenvalue weighted by Crippen LogP contribution is -2.14. The van der Waals surface area contributed by atoms with Gasteiger partial charge in [0.15, 0.2) is 11.6 Å². The van der Waals surface area contributed by atoms with Gasteiger partial charge in [-0.1, -0.05) is 30.3 Å². The van der Waals surface area contributed by atoms with Crippen LogP contribution in [0.4, 0.5) is 10.1 Å². The van der Waals surface area contributed by atoms with Gasteiger partial charge in [0.05, 0.1) is 13.0 Å². The highest BCUT2D eigenvalue weighted by atomic mass is 19.1. The van der Waals surface area contributed by atoms with Crippen LogP contribution in [-0.4, -0.2) is 12.5 Å². The summed E-state index contributed by atoms with van der Waals surface area (Å²) in [7, 11) is 0. The lowest BCUT2D eigenvalue weighted by Gasteiger charge is -2.08. The van der Waals surface area contributed by atoms with Crippen molar-refractivity contribution in [1.82, 2.24) is 0 Å². The van der Waals surface area contributed by atoms with E-state index in [1.54, 1.807) is 13.0 Å². The average molecular weight is 273 g/mol. The topological polar surface area (TPSA) is 38.3 Å². The summed E-state index contributed by atoms with van der Waals surface area (Å²) in [6.07, 6.45) is 0.260. The minimum absolute atomic E-state index is 0.181. The molecule has 104 valence electrons. The first-order chi connectivity index (χ1) is 9.69. The molecule has 0 radical (unpaired) electrons. The highest BCUT2D eigenvalue weighted by Crippen LogP contribution is 2.21. The monoisotopic (exact) mass is 273 g/mol. The number of ether oxygens (including phenoxy) is 1. The number of anilines is 1. The van der Waals surface area contributed by atoms with Gasteiger partial charge in [-0.25, -0.2) is 4.39 Å². The molecule has 0 aromatic heterocycles. The summed E-state index contributed by atoms with van der Waals surface area (Å²) in [4.78, 5) is 11.8. The van der Waals surface area contributed by atoms with Gasteiger partial charge in [-0.2, -0.15) is 0 Å². The van der Waals surface area contributed by atoms with E-state index in [-0.39, 0.29) is 18.1 Å². The minimum Gasteiger partial charge on any atom is -0.491 e. The van der Waals surface area contributed by atoms with E-state index in [1.807, 2.05) is 30.3 Å². The maximum absolute atomic E-state index is 13.6. The first kappa shape index (κ1) is 14.1. The van der Waals surface area contributed by atoms with Crippen molar-refractivity contribution in [1.29, 1.82) is 0 Å². The zero-order valence-electron chi connectivity index (χ0n) is 11.2.